The maximum Gasteiger partial charge on any atom is 0.252 e. The number of H-pyrrole nitrogens is 1. The van der Waals surface area contributed by atoms with Gasteiger partial charge in [-0.15, -0.1) is 0 Å². The Labute approximate surface area is 125 Å². The highest BCUT2D eigenvalue weighted by molar-refractivity contribution is 5.83. The summed E-state index contributed by atoms with van der Waals surface area (Å²) in [6.45, 7) is 4.81. The first-order valence-corrected chi connectivity index (χ1v) is 8.00. The van der Waals surface area contributed by atoms with Gasteiger partial charge >= 0.3 is 0 Å². The zero-order chi connectivity index (χ0) is 14.8. The zero-order valence-electron chi connectivity index (χ0n) is 13.0. The van der Waals surface area contributed by atoms with Crippen LogP contribution in [0.5, 0.6) is 0 Å². The van der Waals surface area contributed by atoms with E-state index in [0.29, 0.717) is 12.6 Å². The van der Waals surface area contributed by atoms with Gasteiger partial charge in [-0.1, -0.05) is 31.4 Å². The molecule has 1 saturated carbocycles. The highest BCUT2D eigenvalue weighted by atomic mass is 16.1. The Hall–Kier alpha value is -1.61. The van der Waals surface area contributed by atoms with E-state index in [9.17, 15) is 4.79 Å². The summed E-state index contributed by atoms with van der Waals surface area (Å²) >= 11 is 0. The summed E-state index contributed by atoms with van der Waals surface area (Å²) in [6.07, 6.45) is 6.45. The summed E-state index contributed by atoms with van der Waals surface area (Å²) in [5.41, 5.74) is 4.24. The van der Waals surface area contributed by atoms with Crippen LogP contribution in [0.4, 0.5) is 0 Å². The summed E-state index contributed by atoms with van der Waals surface area (Å²) in [5, 5.41) is 4.67. The second-order valence-corrected chi connectivity index (χ2v) is 6.31. The molecule has 0 spiro atoms. The van der Waals surface area contributed by atoms with Crippen LogP contribution in [0.25, 0.3) is 10.9 Å². The lowest BCUT2D eigenvalue weighted by Crippen LogP contribution is -2.32. The van der Waals surface area contributed by atoms with Crippen molar-refractivity contribution in [2.24, 2.45) is 0 Å². The third-order valence-corrected chi connectivity index (χ3v) is 4.81. The molecule has 1 aromatic carbocycles. The van der Waals surface area contributed by atoms with Gasteiger partial charge in [0.15, 0.2) is 0 Å². The molecule has 0 radical (unpaired) electrons. The van der Waals surface area contributed by atoms with E-state index in [0.717, 1.165) is 22.0 Å². The van der Waals surface area contributed by atoms with Gasteiger partial charge in [0.2, 0.25) is 0 Å². The van der Waals surface area contributed by atoms with Crippen LogP contribution in [0.1, 0.15) is 48.8 Å². The molecule has 2 N–H and O–H groups in total. The molecule has 3 nitrogen and oxygen atoms in total. The number of nitrogens with one attached hydrogen (secondary N) is 2. The lowest BCUT2D eigenvalue weighted by molar-refractivity contribution is 0.372. The van der Waals surface area contributed by atoms with Crippen LogP contribution in [-0.4, -0.2) is 11.0 Å². The van der Waals surface area contributed by atoms with Gasteiger partial charge in [-0.05, 0) is 49.3 Å². The van der Waals surface area contributed by atoms with Gasteiger partial charge in [-0.25, -0.2) is 0 Å². The molecule has 0 unspecified atom stereocenters. The highest BCUT2D eigenvalue weighted by Gasteiger charge is 2.13. The summed E-state index contributed by atoms with van der Waals surface area (Å²) in [5.74, 6) is 0. The van der Waals surface area contributed by atoms with E-state index in [4.69, 9.17) is 0 Å². The molecule has 1 heterocycles. The van der Waals surface area contributed by atoms with Gasteiger partial charge in [0.1, 0.15) is 0 Å². The maximum atomic E-state index is 12.3. The molecule has 1 aliphatic rings. The van der Waals surface area contributed by atoms with Crippen LogP contribution in [0.15, 0.2) is 23.0 Å². The zero-order valence-corrected chi connectivity index (χ0v) is 13.0. The average Bonchev–Trinajstić information content (AvgIpc) is 2.51. The molecular formula is C18H24N2O. The van der Waals surface area contributed by atoms with E-state index < -0.39 is 0 Å². The number of fused-ring (bicyclic) bond motifs is 1. The first-order chi connectivity index (χ1) is 10.1. The second-order valence-electron chi connectivity index (χ2n) is 6.31. The molecule has 21 heavy (non-hydrogen) atoms. The molecule has 1 aromatic heterocycles. The molecule has 3 rings (SSSR count). The van der Waals surface area contributed by atoms with Crippen LogP contribution in [0.2, 0.25) is 0 Å². The Morgan fingerprint density at radius 1 is 1.19 bits per heavy atom. The first-order valence-electron chi connectivity index (χ1n) is 8.00. The number of hydrogen-bond donors (Lipinski definition) is 2. The largest absolute Gasteiger partial charge is 0.321 e. The fourth-order valence-electron chi connectivity index (χ4n) is 3.26. The molecule has 1 aliphatic carbocycles. The lowest BCUT2D eigenvalue weighted by atomic mass is 9.95. The number of benzene rings is 1. The Morgan fingerprint density at radius 3 is 2.71 bits per heavy atom. The van der Waals surface area contributed by atoms with Gasteiger partial charge < -0.3 is 10.3 Å². The molecule has 0 bridgehead atoms. The standard InChI is InChI=1S/C18H24N2O/c1-12-8-9-14-10-15(18(21)20-17(14)13(12)2)11-19-16-6-4-3-5-7-16/h8-10,16,19H,3-7,11H2,1-2H3,(H,20,21). The van der Waals surface area contributed by atoms with Crippen molar-refractivity contribution in [3.63, 3.8) is 0 Å². The number of aromatic amines is 1. The van der Waals surface area contributed by atoms with Crippen LogP contribution >= 0.6 is 0 Å². The van der Waals surface area contributed by atoms with Crippen LogP contribution in [0, 0.1) is 13.8 Å². The van der Waals surface area contributed by atoms with E-state index in [2.05, 4.69) is 36.3 Å². The van der Waals surface area contributed by atoms with Crippen molar-refractivity contribution in [1.29, 1.82) is 0 Å². The minimum absolute atomic E-state index is 0.0412. The van der Waals surface area contributed by atoms with Crippen molar-refractivity contribution in [3.05, 3.63) is 45.2 Å². The monoisotopic (exact) mass is 284 g/mol. The molecule has 0 saturated heterocycles. The molecule has 3 heteroatoms. The van der Waals surface area contributed by atoms with Crippen LogP contribution < -0.4 is 10.9 Å². The normalized spacial score (nSPS) is 16.5. The number of rotatable bonds is 3. The van der Waals surface area contributed by atoms with E-state index in [1.165, 1.54) is 37.7 Å². The quantitative estimate of drug-likeness (QED) is 0.905. The van der Waals surface area contributed by atoms with Crippen LogP contribution in [0.3, 0.4) is 0 Å². The fraction of sp³-hybridized carbons (Fsp3) is 0.500. The number of aromatic nitrogens is 1. The SMILES string of the molecule is Cc1ccc2cc(CNC3CCCCC3)c(=O)[nH]c2c1C. The minimum Gasteiger partial charge on any atom is -0.321 e. The fourth-order valence-corrected chi connectivity index (χ4v) is 3.26. The van der Waals surface area contributed by atoms with Gasteiger partial charge in [0, 0.05) is 18.2 Å². The summed E-state index contributed by atoms with van der Waals surface area (Å²) in [4.78, 5) is 15.3. The van der Waals surface area contributed by atoms with Crippen molar-refractivity contribution < 1.29 is 0 Å². The van der Waals surface area contributed by atoms with Crippen molar-refractivity contribution in [3.8, 4) is 0 Å². The Morgan fingerprint density at radius 2 is 1.95 bits per heavy atom. The van der Waals surface area contributed by atoms with Crippen molar-refractivity contribution in [2.75, 3.05) is 0 Å². The molecule has 0 aliphatic heterocycles. The van der Waals surface area contributed by atoms with Gasteiger partial charge in [-0.3, -0.25) is 4.79 Å². The first kappa shape index (κ1) is 14.3. The Kier molecular flexibility index (Phi) is 4.11. The van der Waals surface area contributed by atoms with E-state index in [1.807, 2.05) is 6.07 Å². The highest BCUT2D eigenvalue weighted by Crippen LogP contribution is 2.20. The Bertz CT molecular complexity index is 696. The van der Waals surface area contributed by atoms with E-state index in [1.54, 1.807) is 0 Å². The molecule has 0 atom stereocenters. The van der Waals surface area contributed by atoms with Crippen molar-refractivity contribution >= 4 is 10.9 Å². The van der Waals surface area contributed by atoms with Gasteiger partial charge in [0.05, 0.1) is 5.52 Å². The van der Waals surface area contributed by atoms with Crippen molar-refractivity contribution in [2.45, 2.75) is 58.5 Å². The van der Waals surface area contributed by atoms with Gasteiger partial charge in [-0.2, -0.15) is 0 Å². The van der Waals surface area contributed by atoms with Gasteiger partial charge in [0.25, 0.3) is 5.56 Å². The summed E-state index contributed by atoms with van der Waals surface area (Å²) < 4.78 is 0. The topological polar surface area (TPSA) is 44.9 Å². The van der Waals surface area contributed by atoms with Crippen LogP contribution in [-0.2, 0) is 6.54 Å². The third-order valence-electron chi connectivity index (χ3n) is 4.81. The number of hydrogen-bond acceptors (Lipinski definition) is 2. The molecule has 0 amide bonds. The number of aryl methyl sites for hydroxylation is 2. The maximum absolute atomic E-state index is 12.3. The predicted octanol–water partition coefficient (Wildman–Crippen LogP) is 3.57. The molecule has 2 aromatic rings. The summed E-state index contributed by atoms with van der Waals surface area (Å²) in [7, 11) is 0. The smallest absolute Gasteiger partial charge is 0.252 e. The molecular weight excluding hydrogens is 260 g/mol. The third kappa shape index (κ3) is 3.03. The second kappa shape index (κ2) is 6.02. The number of pyridine rings is 1. The predicted molar refractivity (Wildman–Crippen MR) is 87.8 cm³/mol. The molecule has 1 fully saturated rings. The molecule has 112 valence electrons. The van der Waals surface area contributed by atoms with Crippen molar-refractivity contribution in [1.82, 2.24) is 10.3 Å². The lowest BCUT2D eigenvalue weighted by Gasteiger charge is -2.22. The van der Waals surface area contributed by atoms with E-state index in [-0.39, 0.29) is 5.56 Å². The minimum atomic E-state index is 0.0412. The van der Waals surface area contributed by atoms with E-state index >= 15 is 0 Å². The summed E-state index contributed by atoms with van der Waals surface area (Å²) in [6, 6.07) is 6.83. The average molecular weight is 284 g/mol. The Balaban J connectivity index is 1.84.